The number of aromatic nitrogens is 4. The fourth-order valence-electron chi connectivity index (χ4n) is 2.00. The molecule has 0 saturated carbocycles. The van der Waals surface area contributed by atoms with Crippen LogP contribution in [0.2, 0.25) is 0 Å². The van der Waals surface area contributed by atoms with Crippen LogP contribution in [0.15, 0.2) is 36.7 Å². The molecule has 0 aliphatic rings. The van der Waals surface area contributed by atoms with Crippen LogP contribution in [0.3, 0.4) is 0 Å². The zero-order valence-electron chi connectivity index (χ0n) is 13.0. The molecule has 2 aromatic heterocycles. The molecule has 8 nitrogen and oxygen atoms in total. The molecule has 0 fully saturated rings. The van der Waals surface area contributed by atoms with Gasteiger partial charge in [-0.1, -0.05) is 0 Å². The Morgan fingerprint density at radius 3 is 2.71 bits per heavy atom. The Morgan fingerprint density at radius 1 is 1.25 bits per heavy atom. The smallest absolute Gasteiger partial charge is 0.414 e. The van der Waals surface area contributed by atoms with Crippen LogP contribution in [0.4, 0.5) is 26.6 Å². The van der Waals surface area contributed by atoms with Crippen molar-refractivity contribution in [3.05, 3.63) is 42.5 Å². The average Bonchev–Trinajstić information content (AvgIpc) is 2.93. The Morgan fingerprint density at radius 2 is 2.00 bits per heavy atom. The topological polar surface area (TPSA) is 93.4 Å². The number of amides is 1. The van der Waals surface area contributed by atoms with Crippen molar-refractivity contribution >= 4 is 29.2 Å². The third-order valence-electron chi connectivity index (χ3n) is 2.99. The first-order valence-electron chi connectivity index (χ1n) is 7.23. The summed E-state index contributed by atoms with van der Waals surface area (Å²) in [7, 11) is 0. The Kier molecular flexibility index (Phi) is 4.23. The molecule has 3 rings (SSSR count). The van der Waals surface area contributed by atoms with Gasteiger partial charge in [0.2, 0.25) is 11.6 Å². The van der Waals surface area contributed by atoms with Crippen LogP contribution in [0.1, 0.15) is 13.8 Å². The van der Waals surface area contributed by atoms with Crippen molar-refractivity contribution in [2.24, 2.45) is 0 Å². The molecule has 0 radical (unpaired) electrons. The maximum Gasteiger partial charge on any atom is 0.414 e. The molecule has 1 amide bonds. The van der Waals surface area contributed by atoms with Crippen LogP contribution in [0.5, 0.6) is 0 Å². The summed E-state index contributed by atoms with van der Waals surface area (Å²) in [6, 6.07) is 5.83. The first-order chi connectivity index (χ1) is 11.5. The molecule has 0 spiro atoms. The molecule has 2 N–H and O–H groups in total. The fraction of sp³-hybridized carbons (Fsp3) is 0.200. The number of benzene rings is 1. The summed E-state index contributed by atoms with van der Waals surface area (Å²) in [5.41, 5.74) is 1.05. The van der Waals surface area contributed by atoms with Crippen molar-refractivity contribution in [2.75, 3.05) is 10.6 Å². The van der Waals surface area contributed by atoms with E-state index in [-0.39, 0.29) is 17.9 Å². The maximum atomic E-state index is 13.0. The highest BCUT2D eigenvalue weighted by Gasteiger charge is 2.14. The van der Waals surface area contributed by atoms with Crippen LogP contribution >= 0.6 is 0 Å². The van der Waals surface area contributed by atoms with Crippen LogP contribution in [0.25, 0.3) is 5.65 Å². The van der Waals surface area contributed by atoms with Gasteiger partial charge in [0.05, 0.1) is 6.10 Å². The highest BCUT2D eigenvalue weighted by molar-refractivity contribution is 5.83. The van der Waals surface area contributed by atoms with Crippen molar-refractivity contribution in [3.63, 3.8) is 0 Å². The van der Waals surface area contributed by atoms with Gasteiger partial charge in [-0.05, 0) is 38.1 Å². The predicted molar refractivity (Wildman–Crippen MR) is 85.7 cm³/mol. The standard InChI is InChI=1S/C15H15FN6O2/c1-9(2)24-15(23)19-14-21-20-13-12(17-7-8-22(13)14)18-11-5-3-10(16)4-6-11/h3-9H,1-2H3,(H,17,18)(H,19,21,23). The predicted octanol–water partition coefficient (Wildman–Crippen LogP) is 2.96. The Balaban J connectivity index is 1.86. The molecule has 3 aromatic rings. The van der Waals surface area contributed by atoms with E-state index in [0.717, 1.165) is 0 Å². The molecule has 2 heterocycles. The number of hydrogen-bond acceptors (Lipinski definition) is 6. The average molecular weight is 330 g/mol. The SMILES string of the molecule is CC(C)OC(=O)Nc1nnc2c(Nc3ccc(F)cc3)nccn12. The number of nitrogens with one attached hydrogen (secondary N) is 2. The second-order valence-corrected chi connectivity index (χ2v) is 5.20. The molecule has 1 aromatic carbocycles. The molecule has 0 unspecified atom stereocenters. The molecule has 0 aliphatic heterocycles. The quantitative estimate of drug-likeness (QED) is 0.764. The third kappa shape index (κ3) is 3.40. The molecule has 0 atom stereocenters. The van der Waals surface area contributed by atoms with E-state index in [0.29, 0.717) is 17.2 Å². The van der Waals surface area contributed by atoms with Gasteiger partial charge in [-0.25, -0.2) is 14.2 Å². The number of fused-ring (bicyclic) bond motifs is 1. The highest BCUT2D eigenvalue weighted by Crippen LogP contribution is 2.20. The van der Waals surface area contributed by atoms with E-state index in [2.05, 4.69) is 25.8 Å². The largest absolute Gasteiger partial charge is 0.447 e. The molecular weight excluding hydrogens is 315 g/mol. The number of nitrogens with zero attached hydrogens (tertiary/aromatic N) is 4. The summed E-state index contributed by atoms with van der Waals surface area (Å²) in [6.07, 6.45) is 2.27. The number of ether oxygens (including phenoxy) is 1. The van der Waals surface area contributed by atoms with Gasteiger partial charge < -0.3 is 10.1 Å². The van der Waals surface area contributed by atoms with Gasteiger partial charge in [0, 0.05) is 18.1 Å². The van der Waals surface area contributed by atoms with Gasteiger partial charge in [-0.3, -0.25) is 9.72 Å². The first kappa shape index (κ1) is 15.7. The van der Waals surface area contributed by atoms with Gasteiger partial charge in [0.1, 0.15) is 5.82 Å². The lowest BCUT2D eigenvalue weighted by Crippen LogP contribution is -2.19. The molecule has 124 valence electrons. The maximum absolute atomic E-state index is 13.0. The third-order valence-corrected chi connectivity index (χ3v) is 2.99. The number of carbonyl (C=O) groups is 1. The first-order valence-corrected chi connectivity index (χ1v) is 7.23. The molecule has 0 aliphatic carbocycles. The van der Waals surface area contributed by atoms with Crippen LogP contribution in [0, 0.1) is 5.82 Å². The Labute approximate surface area is 136 Å². The molecular formula is C15H15FN6O2. The van der Waals surface area contributed by atoms with E-state index in [1.54, 1.807) is 36.6 Å². The minimum Gasteiger partial charge on any atom is -0.447 e. The monoisotopic (exact) mass is 330 g/mol. The minimum absolute atomic E-state index is 0.209. The van der Waals surface area contributed by atoms with Gasteiger partial charge in [0.25, 0.3) is 0 Å². The van der Waals surface area contributed by atoms with Gasteiger partial charge in [0.15, 0.2) is 5.82 Å². The summed E-state index contributed by atoms with van der Waals surface area (Å²) >= 11 is 0. The lowest BCUT2D eigenvalue weighted by atomic mass is 10.3. The zero-order valence-corrected chi connectivity index (χ0v) is 13.0. The number of carbonyl (C=O) groups excluding carboxylic acids is 1. The lowest BCUT2D eigenvalue weighted by Gasteiger charge is -2.09. The number of anilines is 3. The summed E-state index contributed by atoms with van der Waals surface area (Å²) in [5, 5.41) is 13.5. The lowest BCUT2D eigenvalue weighted by molar-refractivity contribution is 0.129. The molecule has 24 heavy (non-hydrogen) atoms. The van der Waals surface area contributed by atoms with Gasteiger partial charge in [-0.15, -0.1) is 10.2 Å². The second-order valence-electron chi connectivity index (χ2n) is 5.20. The van der Waals surface area contributed by atoms with Crippen LogP contribution in [-0.4, -0.2) is 31.8 Å². The van der Waals surface area contributed by atoms with E-state index in [1.807, 2.05) is 0 Å². The summed E-state index contributed by atoms with van der Waals surface area (Å²) < 4.78 is 19.5. The molecule has 0 bridgehead atoms. The van der Waals surface area contributed by atoms with Crippen molar-refractivity contribution < 1.29 is 13.9 Å². The van der Waals surface area contributed by atoms with Crippen LogP contribution in [-0.2, 0) is 4.74 Å². The van der Waals surface area contributed by atoms with E-state index in [9.17, 15) is 9.18 Å². The second kappa shape index (κ2) is 6.49. The number of hydrogen-bond donors (Lipinski definition) is 2. The molecule has 9 heteroatoms. The number of halogens is 1. The normalized spacial score (nSPS) is 10.8. The van der Waals surface area contributed by atoms with Crippen molar-refractivity contribution in [1.82, 2.24) is 19.6 Å². The van der Waals surface area contributed by atoms with E-state index >= 15 is 0 Å². The minimum atomic E-state index is -0.621. The van der Waals surface area contributed by atoms with E-state index < -0.39 is 6.09 Å². The van der Waals surface area contributed by atoms with Crippen molar-refractivity contribution in [2.45, 2.75) is 20.0 Å². The summed E-state index contributed by atoms with van der Waals surface area (Å²) in [4.78, 5) is 15.9. The summed E-state index contributed by atoms with van der Waals surface area (Å²) in [6.45, 7) is 3.49. The van der Waals surface area contributed by atoms with Crippen molar-refractivity contribution in [1.29, 1.82) is 0 Å². The number of rotatable bonds is 4. The van der Waals surface area contributed by atoms with Gasteiger partial charge >= 0.3 is 6.09 Å². The van der Waals surface area contributed by atoms with E-state index in [1.165, 1.54) is 18.3 Å². The Hall–Kier alpha value is -3.23. The molecule has 0 saturated heterocycles. The van der Waals surface area contributed by atoms with Gasteiger partial charge in [-0.2, -0.15) is 0 Å². The fourth-order valence-corrected chi connectivity index (χ4v) is 2.00. The van der Waals surface area contributed by atoms with Crippen LogP contribution < -0.4 is 10.6 Å². The van der Waals surface area contributed by atoms with E-state index in [4.69, 9.17) is 4.74 Å². The summed E-state index contributed by atoms with van der Waals surface area (Å²) in [5.74, 6) is 0.298. The highest BCUT2D eigenvalue weighted by atomic mass is 19.1. The van der Waals surface area contributed by atoms with Crippen molar-refractivity contribution in [3.8, 4) is 0 Å². The zero-order chi connectivity index (χ0) is 17.1. The Bertz CT molecular complexity index is 862.